The van der Waals surface area contributed by atoms with E-state index < -0.39 is 0 Å². The molecule has 1 aliphatic carbocycles. The van der Waals surface area contributed by atoms with Crippen LogP contribution in [0.4, 0.5) is 0 Å². The lowest BCUT2D eigenvalue weighted by molar-refractivity contribution is 0.354. The lowest BCUT2D eigenvalue weighted by atomic mass is 9.94. The molecule has 82 valence electrons. The molecule has 1 rings (SSSR count). The highest BCUT2D eigenvalue weighted by Crippen LogP contribution is 2.27. The van der Waals surface area contributed by atoms with Crippen LogP contribution in [0.1, 0.15) is 39.0 Å². The SMILES string of the molecule is C=CCC(C)NC1CCCCC1SC. The summed E-state index contributed by atoms with van der Waals surface area (Å²) in [6, 6.07) is 1.32. The Balaban J connectivity index is 2.35. The van der Waals surface area contributed by atoms with E-state index in [1.165, 1.54) is 25.7 Å². The molecule has 1 saturated carbocycles. The summed E-state index contributed by atoms with van der Waals surface area (Å²) < 4.78 is 0. The first kappa shape index (κ1) is 12.1. The normalized spacial score (nSPS) is 29.9. The van der Waals surface area contributed by atoms with Gasteiger partial charge in [-0.25, -0.2) is 0 Å². The van der Waals surface area contributed by atoms with Crippen molar-refractivity contribution in [2.75, 3.05) is 6.26 Å². The second-order valence-electron chi connectivity index (χ2n) is 4.26. The zero-order chi connectivity index (χ0) is 10.4. The molecule has 0 amide bonds. The Kier molecular flexibility index (Phi) is 5.64. The zero-order valence-corrected chi connectivity index (χ0v) is 10.3. The summed E-state index contributed by atoms with van der Waals surface area (Å²) >= 11 is 2.03. The third-order valence-corrected chi connectivity index (χ3v) is 4.19. The predicted molar refractivity (Wildman–Crippen MR) is 67.0 cm³/mol. The summed E-state index contributed by atoms with van der Waals surface area (Å²) in [5.74, 6) is 0. The van der Waals surface area contributed by atoms with E-state index in [0.717, 1.165) is 17.7 Å². The van der Waals surface area contributed by atoms with Gasteiger partial charge in [0, 0.05) is 17.3 Å². The predicted octanol–water partition coefficient (Wildman–Crippen LogP) is 3.21. The minimum atomic E-state index is 0.588. The van der Waals surface area contributed by atoms with Crippen molar-refractivity contribution in [1.82, 2.24) is 5.32 Å². The quantitative estimate of drug-likeness (QED) is 0.704. The maximum Gasteiger partial charge on any atom is 0.0198 e. The van der Waals surface area contributed by atoms with E-state index in [0.29, 0.717) is 6.04 Å². The van der Waals surface area contributed by atoms with Gasteiger partial charge in [0.25, 0.3) is 0 Å². The molecule has 1 N–H and O–H groups in total. The van der Waals surface area contributed by atoms with Crippen molar-refractivity contribution < 1.29 is 0 Å². The Hall–Kier alpha value is 0.0500. The van der Waals surface area contributed by atoms with Gasteiger partial charge in [0.15, 0.2) is 0 Å². The monoisotopic (exact) mass is 213 g/mol. The van der Waals surface area contributed by atoms with Crippen molar-refractivity contribution >= 4 is 11.8 Å². The molecule has 0 aliphatic heterocycles. The second-order valence-corrected chi connectivity index (χ2v) is 5.33. The molecule has 0 aromatic heterocycles. The molecule has 0 aromatic carbocycles. The Bertz CT molecular complexity index is 170. The summed E-state index contributed by atoms with van der Waals surface area (Å²) in [6.45, 7) is 6.05. The first-order valence-corrected chi connectivity index (χ1v) is 6.96. The van der Waals surface area contributed by atoms with Crippen LogP contribution < -0.4 is 5.32 Å². The molecule has 2 heteroatoms. The van der Waals surface area contributed by atoms with Gasteiger partial charge >= 0.3 is 0 Å². The van der Waals surface area contributed by atoms with Crippen LogP contribution in [0.15, 0.2) is 12.7 Å². The van der Waals surface area contributed by atoms with Gasteiger partial charge in [-0.1, -0.05) is 18.9 Å². The van der Waals surface area contributed by atoms with Crippen LogP contribution in [0, 0.1) is 0 Å². The lowest BCUT2D eigenvalue weighted by Gasteiger charge is -2.33. The zero-order valence-electron chi connectivity index (χ0n) is 9.46. The van der Waals surface area contributed by atoms with E-state index in [1.807, 2.05) is 17.8 Å². The smallest absolute Gasteiger partial charge is 0.0198 e. The molecule has 3 unspecified atom stereocenters. The van der Waals surface area contributed by atoms with Crippen molar-refractivity contribution in [2.45, 2.75) is 56.4 Å². The lowest BCUT2D eigenvalue weighted by Crippen LogP contribution is -2.44. The van der Waals surface area contributed by atoms with E-state index >= 15 is 0 Å². The maximum absolute atomic E-state index is 3.79. The fourth-order valence-electron chi connectivity index (χ4n) is 2.25. The van der Waals surface area contributed by atoms with Gasteiger partial charge in [-0.15, -0.1) is 6.58 Å². The van der Waals surface area contributed by atoms with E-state index in [-0.39, 0.29) is 0 Å². The van der Waals surface area contributed by atoms with Gasteiger partial charge in [0.2, 0.25) is 0 Å². The van der Waals surface area contributed by atoms with Crippen molar-refractivity contribution in [3.8, 4) is 0 Å². The molecule has 0 heterocycles. The molecule has 0 bridgehead atoms. The highest BCUT2D eigenvalue weighted by Gasteiger charge is 2.24. The third kappa shape index (κ3) is 3.66. The molecule has 1 aliphatic rings. The van der Waals surface area contributed by atoms with Crippen LogP contribution in [0.2, 0.25) is 0 Å². The average molecular weight is 213 g/mol. The molecule has 1 fully saturated rings. The van der Waals surface area contributed by atoms with Crippen molar-refractivity contribution in [3.05, 3.63) is 12.7 Å². The molecule has 14 heavy (non-hydrogen) atoms. The topological polar surface area (TPSA) is 12.0 Å². The second kappa shape index (κ2) is 6.52. The van der Waals surface area contributed by atoms with Crippen molar-refractivity contribution in [2.24, 2.45) is 0 Å². The van der Waals surface area contributed by atoms with E-state index in [1.54, 1.807) is 0 Å². The van der Waals surface area contributed by atoms with E-state index in [4.69, 9.17) is 0 Å². The van der Waals surface area contributed by atoms with E-state index in [2.05, 4.69) is 25.1 Å². The number of rotatable bonds is 5. The molecule has 0 saturated heterocycles. The van der Waals surface area contributed by atoms with Crippen molar-refractivity contribution in [3.63, 3.8) is 0 Å². The molecular weight excluding hydrogens is 190 g/mol. The highest BCUT2D eigenvalue weighted by atomic mass is 32.2. The van der Waals surface area contributed by atoms with Crippen LogP contribution >= 0.6 is 11.8 Å². The summed E-state index contributed by atoms with van der Waals surface area (Å²) in [4.78, 5) is 0. The molecule has 1 nitrogen and oxygen atoms in total. The molecule has 0 spiro atoms. The van der Waals surface area contributed by atoms with Gasteiger partial charge in [-0.3, -0.25) is 0 Å². The number of hydrogen-bond donors (Lipinski definition) is 1. The summed E-state index contributed by atoms with van der Waals surface area (Å²) in [7, 11) is 0. The van der Waals surface area contributed by atoms with E-state index in [9.17, 15) is 0 Å². The summed E-state index contributed by atoms with van der Waals surface area (Å²) in [6.07, 6.45) is 10.9. The van der Waals surface area contributed by atoms with Crippen LogP contribution in [-0.2, 0) is 0 Å². The van der Waals surface area contributed by atoms with Gasteiger partial charge in [-0.05, 0) is 32.4 Å². The van der Waals surface area contributed by atoms with Gasteiger partial charge in [0.05, 0.1) is 0 Å². The summed E-state index contributed by atoms with van der Waals surface area (Å²) in [5, 5.41) is 4.56. The summed E-state index contributed by atoms with van der Waals surface area (Å²) in [5.41, 5.74) is 0. The molecular formula is C12H23NS. The Morgan fingerprint density at radius 2 is 2.21 bits per heavy atom. The fourth-order valence-corrected chi connectivity index (χ4v) is 3.20. The standard InChI is InChI=1S/C12H23NS/c1-4-7-10(2)13-11-8-5-6-9-12(11)14-3/h4,10-13H,1,5-9H2,2-3H3. The average Bonchev–Trinajstić information content (AvgIpc) is 2.19. The largest absolute Gasteiger partial charge is 0.310 e. The number of hydrogen-bond acceptors (Lipinski definition) is 2. The van der Waals surface area contributed by atoms with Gasteiger partial charge in [-0.2, -0.15) is 11.8 Å². The number of thioether (sulfide) groups is 1. The minimum Gasteiger partial charge on any atom is -0.310 e. The molecule has 0 aromatic rings. The van der Waals surface area contributed by atoms with Gasteiger partial charge in [0.1, 0.15) is 0 Å². The number of nitrogens with one attached hydrogen (secondary N) is 1. The fraction of sp³-hybridized carbons (Fsp3) is 0.833. The van der Waals surface area contributed by atoms with Crippen molar-refractivity contribution in [1.29, 1.82) is 0 Å². The Morgan fingerprint density at radius 3 is 2.86 bits per heavy atom. The van der Waals surface area contributed by atoms with Crippen LogP contribution in [0.3, 0.4) is 0 Å². The molecule has 3 atom stereocenters. The van der Waals surface area contributed by atoms with Gasteiger partial charge < -0.3 is 5.32 Å². The highest BCUT2D eigenvalue weighted by molar-refractivity contribution is 7.99. The maximum atomic E-state index is 3.79. The van der Waals surface area contributed by atoms with Crippen LogP contribution in [0.25, 0.3) is 0 Å². The first-order valence-electron chi connectivity index (χ1n) is 5.67. The molecule has 0 radical (unpaired) electrons. The van der Waals surface area contributed by atoms with Crippen LogP contribution in [-0.4, -0.2) is 23.6 Å². The third-order valence-electron chi connectivity index (χ3n) is 3.02. The Morgan fingerprint density at radius 1 is 1.50 bits per heavy atom. The minimum absolute atomic E-state index is 0.588. The Labute approximate surface area is 92.7 Å². The van der Waals surface area contributed by atoms with Crippen LogP contribution in [0.5, 0.6) is 0 Å². The first-order chi connectivity index (χ1) is 6.77.